The smallest absolute Gasteiger partial charge is 0.257 e. The van der Waals surface area contributed by atoms with Gasteiger partial charge in [-0.1, -0.05) is 49.7 Å². The summed E-state index contributed by atoms with van der Waals surface area (Å²) in [5.41, 5.74) is 5.59. The highest BCUT2D eigenvalue weighted by molar-refractivity contribution is 6.04. The minimum absolute atomic E-state index is 0.0392. The SMILES string of the molecule is CCOc1ccc(C2CC(c3ccc(C)cc3C)=NN2C(=O)CN(CC)CC)cc1. The monoisotopic (exact) mass is 407 g/mol. The van der Waals surface area contributed by atoms with Crippen LogP contribution in [0.15, 0.2) is 47.6 Å². The van der Waals surface area contributed by atoms with Gasteiger partial charge in [-0.05, 0) is 57.1 Å². The average Bonchev–Trinajstić information content (AvgIpc) is 3.18. The Labute approximate surface area is 180 Å². The predicted octanol–water partition coefficient (Wildman–Crippen LogP) is 4.72. The van der Waals surface area contributed by atoms with Gasteiger partial charge in [-0.2, -0.15) is 5.10 Å². The molecule has 30 heavy (non-hydrogen) atoms. The molecule has 0 aromatic heterocycles. The number of carbonyl (C=O) groups is 1. The number of aryl methyl sites for hydroxylation is 2. The standard InChI is InChI=1S/C25H33N3O2/c1-6-27(7-2)17-25(29)28-24(20-10-12-21(13-11-20)30-8-3)16-23(26-28)22-14-9-18(4)15-19(22)5/h9-15,24H,6-8,16-17H2,1-5H3. The molecule has 1 aliphatic rings. The maximum Gasteiger partial charge on any atom is 0.257 e. The molecular weight excluding hydrogens is 374 g/mol. The summed E-state index contributed by atoms with van der Waals surface area (Å²) in [4.78, 5) is 15.3. The lowest BCUT2D eigenvalue weighted by atomic mass is 9.95. The van der Waals surface area contributed by atoms with Gasteiger partial charge in [-0.25, -0.2) is 5.01 Å². The Morgan fingerprint density at radius 3 is 2.40 bits per heavy atom. The lowest BCUT2D eigenvalue weighted by Gasteiger charge is -2.25. The fourth-order valence-corrected chi connectivity index (χ4v) is 3.96. The number of hydrogen-bond donors (Lipinski definition) is 0. The van der Waals surface area contributed by atoms with E-state index < -0.39 is 0 Å². The molecule has 0 N–H and O–H groups in total. The summed E-state index contributed by atoms with van der Waals surface area (Å²) >= 11 is 0. The highest BCUT2D eigenvalue weighted by Gasteiger charge is 2.33. The largest absolute Gasteiger partial charge is 0.494 e. The molecule has 0 aliphatic carbocycles. The Bertz CT molecular complexity index is 901. The van der Waals surface area contributed by atoms with Gasteiger partial charge in [0.05, 0.1) is 24.9 Å². The molecule has 2 aromatic carbocycles. The first-order valence-electron chi connectivity index (χ1n) is 10.9. The number of rotatable bonds is 8. The molecule has 2 aromatic rings. The van der Waals surface area contributed by atoms with Gasteiger partial charge in [0.2, 0.25) is 0 Å². The maximum absolute atomic E-state index is 13.2. The molecule has 160 valence electrons. The lowest BCUT2D eigenvalue weighted by molar-refractivity contribution is -0.134. The zero-order chi connectivity index (χ0) is 21.7. The number of benzene rings is 2. The number of likely N-dealkylation sites (N-methyl/N-ethyl adjacent to an activating group) is 1. The molecule has 0 saturated carbocycles. The Morgan fingerprint density at radius 2 is 1.80 bits per heavy atom. The van der Waals surface area contributed by atoms with E-state index in [0.29, 0.717) is 19.6 Å². The second-order valence-corrected chi connectivity index (χ2v) is 7.79. The van der Waals surface area contributed by atoms with E-state index in [4.69, 9.17) is 9.84 Å². The van der Waals surface area contributed by atoms with Gasteiger partial charge in [0.1, 0.15) is 5.75 Å². The molecule has 0 radical (unpaired) electrons. The summed E-state index contributed by atoms with van der Waals surface area (Å²) in [6.45, 7) is 13.0. The quantitative estimate of drug-likeness (QED) is 0.636. The van der Waals surface area contributed by atoms with E-state index in [1.807, 2.05) is 31.2 Å². The summed E-state index contributed by atoms with van der Waals surface area (Å²) in [6.07, 6.45) is 0.710. The summed E-state index contributed by atoms with van der Waals surface area (Å²) in [6, 6.07) is 14.3. The Morgan fingerprint density at radius 1 is 1.10 bits per heavy atom. The van der Waals surface area contributed by atoms with Crippen molar-refractivity contribution in [2.45, 2.75) is 47.1 Å². The third-order valence-corrected chi connectivity index (χ3v) is 5.69. The zero-order valence-electron chi connectivity index (χ0n) is 18.8. The van der Waals surface area contributed by atoms with Gasteiger partial charge in [0.15, 0.2) is 0 Å². The molecule has 1 heterocycles. The van der Waals surface area contributed by atoms with E-state index in [0.717, 1.165) is 35.7 Å². The van der Waals surface area contributed by atoms with Crippen LogP contribution >= 0.6 is 0 Å². The molecule has 5 nitrogen and oxygen atoms in total. The highest BCUT2D eigenvalue weighted by atomic mass is 16.5. The van der Waals surface area contributed by atoms with Crippen LogP contribution in [0.5, 0.6) is 5.75 Å². The van der Waals surface area contributed by atoms with Gasteiger partial charge in [0.25, 0.3) is 5.91 Å². The number of hydrazone groups is 1. The van der Waals surface area contributed by atoms with E-state index in [9.17, 15) is 4.79 Å². The molecular formula is C25H33N3O2. The van der Waals surface area contributed by atoms with Crippen LogP contribution < -0.4 is 4.74 Å². The minimum Gasteiger partial charge on any atom is -0.494 e. The molecule has 3 rings (SSSR count). The number of hydrogen-bond acceptors (Lipinski definition) is 4. The molecule has 5 heteroatoms. The highest BCUT2D eigenvalue weighted by Crippen LogP contribution is 2.34. The molecule has 1 amide bonds. The number of carbonyl (C=O) groups excluding carboxylic acids is 1. The second-order valence-electron chi connectivity index (χ2n) is 7.79. The number of amides is 1. The third-order valence-electron chi connectivity index (χ3n) is 5.69. The van der Waals surface area contributed by atoms with Crippen molar-refractivity contribution >= 4 is 11.6 Å². The van der Waals surface area contributed by atoms with Crippen molar-refractivity contribution in [3.63, 3.8) is 0 Å². The predicted molar refractivity (Wildman–Crippen MR) is 122 cm³/mol. The van der Waals surface area contributed by atoms with E-state index in [2.05, 4.69) is 50.8 Å². The zero-order valence-corrected chi connectivity index (χ0v) is 18.8. The van der Waals surface area contributed by atoms with Crippen LogP contribution in [-0.2, 0) is 4.79 Å². The minimum atomic E-state index is -0.0977. The Balaban J connectivity index is 1.92. The van der Waals surface area contributed by atoms with Gasteiger partial charge < -0.3 is 4.74 Å². The van der Waals surface area contributed by atoms with Crippen molar-refractivity contribution in [1.82, 2.24) is 9.91 Å². The fourth-order valence-electron chi connectivity index (χ4n) is 3.96. The van der Waals surface area contributed by atoms with Crippen molar-refractivity contribution in [2.75, 3.05) is 26.2 Å². The molecule has 0 saturated heterocycles. The number of nitrogens with zero attached hydrogens (tertiary/aromatic N) is 3. The van der Waals surface area contributed by atoms with Gasteiger partial charge in [-0.3, -0.25) is 9.69 Å². The summed E-state index contributed by atoms with van der Waals surface area (Å²) in [5, 5.41) is 6.53. The van der Waals surface area contributed by atoms with Crippen molar-refractivity contribution in [2.24, 2.45) is 5.10 Å². The fraction of sp³-hybridized carbons (Fsp3) is 0.440. The molecule has 1 unspecified atom stereocenters. The second kappa shape index (κ2) is 9.90. The number of ether oxygens (including phenoxy) is 1. The Kier molecular flexibility index (Phi) is 7.27. The average molecular weight is 408 g/mol. The molecule has 1 atom stereocenters. The molecule has 0 spiro atoms. The first-order chi connectivity index (χ1) is 14.5. The normalized spacial score (nSPS) is 16.1. The van der Waals surface area contributed by atoms with Crippen molar-refractivity contribution < 1.29 is 9.53 Å². The summed E-state index contributed by atoms with van der Waals surface area (Å²) in [5.74, 6) is 0.883. The Hall–Kier alpha value is -2.66. The van der Waals surface area contributed by atoms with Crippen molar-refractivity contribution in [3.05, 3.63) is 64.7 Å². The molecule has 1 aliphatic heterocycles. The topological polar surface area (TPSA) is 45.1 Å². The van der Waals surface area contributed by atoms with Crippen LogP contribution in [0.1, 0.15) is 55.5 Å². The third kappa shape index (κ3) is 4.90. The van der Waals surface area contributed by atoms with Crippen LogP contribution in [0.4, 0.5) is 0 Å². The van der Waals surface area contributed by atoms with Crippen LogP contribution in [0.3, 0.4) is 0 Å². The van der Waals surface area contributed by atoms with Crippen LogP contribution in [-0.4, -0.2) is 47.8 Å². The first-order valence-corrected chi connectivity index (χ1v) is 10.9. The van der Waals surface area contributed by atoms with Crippen LogP contribution in [0.2, 0.25) is 0 Å². The molecule has 0 bridgehead atoms. The van der Waals surface area contributed by atoms with Crippen LogP contribution in [0.25, 0.3) is 0 Å². The lowest BCUT2D eigenvalue weighted by Crippen LogP contribution is -2.38. The van der Waals surface area contributed by atoms with Crippen LogP contribution in [0, 0.1) is 13.8 Å². The van der Waals surface area contributed by atoms with Gasteiger partial charge >= 0.3 is 0 Å². The van der Waals surface area contributed by atoms with Crippen molar-refractivity contribution in [1.29, 1.82) is 0 Å². The van der Waals surface area contributed by atoms with Gasteiger partial charge in [-0.15, -0.1) is 0 Å². The summed E-state index contributed by atoms with van der Waals surface area (Å²) < 4.78 is 5.58. The molecule has 0 fully saturated rings. The van der Waals surface area contributed by atoms with Crippen molar-refractivity contribution in [3.8, 4) is 5.75 Å². The van der Waals surface area contributed by atoms with E-state index >= 15 is 0 Å². The van der Waals surface area contributed by atoms with E-state index in [1.165, 1.54) is 11.1 Å². The summed E-state index contributed by atoms with van der Waals surface area (Å²) in [7, 11) is 0. The van der Waals surface area contributed by atoms with E-state index in [-0.39, 0.29) is 11.9 Å². The maximum atomic E-state index is 13.2. The van der Waals surface area contributed by atoms with Gasteiger partial charge in [0, 0.05) is 12.0 Å². The van der Waals surface area contributed by atoms with E-state index in [1.54, 1.807) is 5.01 Å². The first kappa shape index (κ1) is 22.0.